The number of carbonyl (C=O) groups excluding carboxylic acids is 1. The first-order valence-corrected chi connectivity index (χ1v) is 32.2. The molecule has 7 atom stereocenters. The predicted molar refractivity (Wildman–Crippen MR) is 313 cm³/mol. The molecule has 0 aromatic heterocycles. The molecular weight excluding hydrogens is 923 g/mol. The number of amides is 1. The lowest BCUT2D eigenvalue weighted by Crippen LogP contribution is -2.60. The number of rotatable bonds is 56. The van der Waals surface area contributed by atoms with Crippen molar-refractivity contribution in [3.63, 3.8) is 0 Å². The zero-order chi connectivity index (χ0) is 53.6. The van der Waals surface area contributed by atoms with Gasteiger partial charge < -0.3 is 40.3 Å². The number of aliphatic hydroxyl groups excluding tert-OH is 5. The minimum Gasteiger partial charge on any atom is -0.394 e. The standard InChI is InChI=1S/C65H123NO8/c1-3-5-7-9-11-13-15-17-19-21-23-24-25-26-27-28-29-30-31-32-33-34-35-37-39-41-43-45-47-49-51-53-55-61(69)66-58(57-73-65-64(72)63(71)62(70)60(56-67)74-65)59(68)54-52-50-48-46-44-42-40-38-36-22-20-18-16-14-12-10-8-6-4-2/h36,38,44,46,52,54,58-60,62-65,67-68,70-72H,3-35,37,39-43,45,47-51,53,55-57H2,1-2H3,(H,66,69)/b38-36+,46-44+,54-52+. The Labute approximate surface area is 457 Å². The molecule has 74 heavy (non-hydrogen) atoms. The van der Waals surface area contributed by atoms with Crippen LogP contribution in [0.5, 0.6) is 0 Å². The molecule has 1 fully saturated rings. The van der Waals surface area contributed by atoms with E-state index in [0.29, 0.717) is 6.42 Å². The maximum Gasteiger partial charge on any atom is 0.220 e. The van der Waals surface area contributed by atoms with Crippen LogP contribution < -0.4 is 5.32 Å². The molecule has 0 bridgehead atoms. The van der Waals surface area contributed by atoms with Crippen molar-refractivity contribution in [3.8, 4) is 0 Å². The van der Waals surface area contributed by atoms with Crippen LogP contribution in [0.1, 0.15) is 316 Å². The molecule has 7 unspecified atom stereocenters. The van der Waals surface area contributed by atoms with Crippen molar-refractivity contribution in [1.82, 2.24) is 5.32 Å². The number of allylic oxidation sites excluding steroid dienone is 5. The van der Waals surface area contributed by atoms with E-state index < -0.39 is 49.5 Å². The van der Waals surface area contributed by atoms with Gasteiger partial charge in [-0.2, -0.15) is 0 Å². The highest BCUT2D eigenvalue weighted by Gasteiger charge is 2.44. The number of unbranched alkanes of at least 4 members (excludes halogenated alkanes) is 42. The van der Waals surface area contributed by atoms with Crippen LogP contribution in [0, 0.1) is 0 Å². The van der Waals surface area contributed by atoms with Crippen molar-refractivity contribution in [2.24, 2.45) is 0 Å². The number of hydrogen-bond donors (Lipinski definition) is 6. The first-order chi connectivity index (χ1) is 36.3. The van der Waals surface area contributed by atoms with Crippen LogP contribution in [-0.4, -0.2) is 87.5 Å². The van der Waals surface area contributed by atoms with Gasteiger partial charge in [-0.25, -0.2) is 0 Å². The maximum atomic E-state index is 13.1. The van der Waals surface area contributed by atoms with Crippen molar-refractivity contribution < 1.29 is 39.8 Å². The van der Waals surface area contributed by atoms with E-state index in [4.69, 9.17) is 9.47 Å². The van der Waals surface area contributed by atoms with E-state index in [1.54, 1.807) is 6.08 Å². The molecule has 0 aliphatic carbocycles. The summed E-state index contributed by atoms with van der Waals surface area (Å²) in [7, 11) is 0. The molecule has 0 aromatic rings. The third-order valence-corrected chi connectivity index (χ3v) is 15.4. The van der Waals surface area contributed by atoms with Crippen molar-refractivity contribution in [1.29, 1.82) is 0 Å². The van der Waals surface area contributed by atoms with Gasteiger partial charge in [0, 0.05) is 6.42 Å². The van der Waals surface area contributed by atoms with Crippen LogP contribution in [0.25, 0.3) is 0 Å². The van der Waals surface area contributed by atoms with Crippen LogP contribution in [0.4, 0.5) is 0 Å². The Morgan fingerprint density at radius 1 is 0.446 bits per heavy atom. The number of aliphatic hydroxyl groups is 5. The highest BCUT2D eigenvalue weighted by Crippen LogP contribution is 2.23. The molecule has 0 saturated carbocycles. The Morgan fingerprint density at radius 3 is 1.14 bits per heavy atom. The fraction of sp³-hybridized carbons (Fsp3) is 0.892. The van der Waals surface area contributed by atoms with Gasteiger partial charge in [0.15, 0.2) is 6.29 Å². The summed E-state index contributed by atoms with van der Waals surface area (Å²) in [6, 6.07) is -0.827. The third kappa shape index (κ3) is 43.4. The fourth-order valence-electron chi connectivity index (χ4n) is 10.4. The van der Waals surface area contributed by atoms with E-state index in [-0.39, 0.29) is 12.5 Å². The van der Waals surface area contributed by atoms with Crippen LogP contribution in [0.3, 0.4) is 0 Å². The van der Waals surface area contributed by atoms with Gasteiger partial charge in [0.2, 0.25) is 5.91 Å². The predicted octanol–water partition coefficient (Wildman–Crippen LogP) is 16.7. The summed E-state index contributed by atoms with van der Waals surface area (Å²) in [5, 5.41) is 54.6. The summed E-state index contributed by atoms with van der Waals surface area (Å²) in [6.07, 6.45) is 65.3. The zero-order valence-electron chi connectivity index (χ0n) is 48.6. The summed E-state index contributed by atoms with van der Waals surface area (Å²) in [5.74, 6) is -0.185. The average molecular weight is 1050 g/mol. The van der Waals surface area contributed by atoms with E-state index in [9.17, 15) is 30.3 Å². The largest absolute Gasteiger partial charge is 0.394 e. The minimum atomic E-state index is -1.57. The van der Waals surface area contributed by atoms with Crippen molar-refractivity contribution >= 4 is 5.91 Å². The summed E-state index contributed by atoms with van der Waals surface area (Å²) in [5.41, 5.74) is 0. The highest BCUT2D eigenvalue weighted by atomic mass is 16.7. The van der Waals surface area contributed by atoms with Crippen molar-refractivity contribution in [3.05, 3.63) is 36.5 Å². The van der Waals surface area contributed by atoms with Crippen LogP contribution in [-0.2, 0) is 14.3 Å². The SMILES string of the molecule is CCCCCCCCCCC/C=C/CC/C=C/CC/C=C/C(O)C(COC1OC(CO)C(O)C(O)C1O)NC(=O)CCCCCCCCCCCCCCCCCCCCCCCCCCCCCCCCCC. The van der Waals surface area contributed by atoms with E-state index >= 15 is 0 Å². The second-order valence-corrected chi connectivity index (χ2v) is 22.5. The van der Waals surface area contributed by atoms with Crippen LogP contribution >= 0.6 is 0 Å². The van der Waals surface area contributed by atoms with Gasteiger partial charge in [-0.3, -0.25) is 4.79 Å². The van der Waals surface area contributed by atoms with Gasteiger partial charge in [-0.05, 0) is 44.9 Å². The zero-order valence-corrected chi connectivity index (χ0v) is 48.6. The molecule has 0 aromatic carbocycles. The van der Waals surface area contributed by atoms with Gasteiger partial charge in [-0.1, -0.05) is 301 Å². The van der Waals surface area contributed by atoms with Crippen LogP contribution in [0.2, 0.25) is 0 Å². The first kappa shape index (κ1) is 70.4. The van der Waals surface area contributed by atoms with Crippen LogP contribution in [0.15, 0.2) is 36.5 Å². The van der Waals surface area contributed by atoms with E-state index in [1.165, 1.54) is 250 Å². The fourth-order valence-corrected chi connectivity index (χ4v) is 10.4. The normalized spacial score (nSPS) is 19.1. The summed E-state index contributed by atoms with van der Waals surface area (Å²) in [6.45, 7) is 3.79. The maximum absolute atomic E-state index is 13.1. The van der Waals surface area contributed by atoms with Crippen molar-refractivity contribution in [2.75, 3.05) is 13.2 Å². The monoisotopic (exact) mass is 1050 g/mol. The number of ether oxygens (including phenoxy) is 2. The molecule has 1 aliphatic heterocycles. The molecule has 1 rings (SSSR count). The molecule has 0 spiro atoms. The highest BCUT2D eigenvalue weighted by molar-refractivity contribution is 5.76. The third-order valence-electron chi connectivity index (χ3n) is 15.4. The summed E-state index contributed by atoms with van der Waals surface area (Å²) < 4.78 is 11.3. The smallest absolute Gasteiger partial charge is 0.220 e. The second kappa shape index (κ2) is 54.8. The van der Waals surface area contributed by atoms with Crippen molar-refractivity contribution in [2.45, 2.75) is 358 Å². The molecule has 1 saturated heterocycles. The van der Waals surface area contributed by atoms with E-state index in [0.717, 1.165) is 44.9 Å². The van der Waals surface area contributed by atoms with E-state index in [1.807, 2.05) is 6.08 Å². The molecule has 1 heterocycles. The summed E-state index contributed by atoms with van der Waals surface area (Å²) >= 11 is 0. The molecule has 436 valence electrons. The Bertz CT molecular complexity index is 1260. The lowest BCUT2D eigenvalue weighted by Gasteiger charge is -2.40. The van der Waals surface area contributed by atoms with Gasteiger partial charge in [0.25, 0.3) is 0 Å². The van der Waals surface area contributed by atoms with Gasteiger partial charge in [0.1, 0.15) is 24.4 Å². The Balaban J connectivity index is 2.14. The Kier molecular flexibility index (Phi) is 52.1. The molecular formula is C65H123NO8. The molecule has 9 heteroatoms. The van der Waals surface area contributed by atoms with Gasteiger partial charge in [0.05, 0.1) is 25.4 Å². The minimum absolute atomic E-state index is 0.185. The molecule has 0 radical (unpaired) electrons. The number of hydrogen-bond acceptors (Lipinski definition) is 8. The average Bonchev–Trinajstić information content (AvgIpc) is 3.40. The quantitative estimate of drug-likeness (QED) is 0.0261. The molecule has 1 aliphatic rings. The topological polar surface area (TPSA) is 149 Å². The lowest BCUT2D eigenvalue weighted by atomic mass is 9.99. The Hall–Kier alpha value is -1.59. The molecule has 1 amide bonds. The number of nitrogens with one attached hydrogen (secondary N) is 1. The van der Waals surface area contributed by atoms with Gasteiger partial charge in [-0.15, -0.1) is 0 Å². The number of carbonyl (C=O) groups is 1. The van der Waals surface area contributed by atoms with E-state index in [2.05, 4.69) is 43.5 Å². The van der Waals surface area contributed by atoms with Gasteiger partial charge >= 0.3 is 0 Å². The summed E-state index contributed by atoms with van der Waals surface area (Å²) in [4.78, 5) is 13.1. The lowest BCUT2D eigenvalue weighted by molar-refractivity contribution is -0.302. The molecule has 9 nitrogen and oxygen atoms in total. The first-order valence-electron chi connectivity index (χ1n) is 32.2. The Morgan fingerprint density at radius 2 is 0.770 bits per heavy atom. The molecule has 6 N–H and O–H groups in total. The second-order valence-electron chi connectivity index (χ2n) is 22.5.